The van der Waals surface area contributed by atoms with Gasteiger partial charge in [-0.25, -0.2) is 0 Å². The third-order valence-corrected chi connectivity index (χ3v) is 2.67. The highest BCUT2D eigenvalue weighted by molar-refractivity contribution is 6.00. The number of nitrogens with one attached hydrogen (secondary N) is 1. The Morgan fingerprint density at radius 1 is 1.28 bits per heavy atom. The lowest BCUT2D eigenvalue weighted by molar-refractivity contribution is -0.118. The van der Waals surface area contributed by atoms with Gasteiger partial charge in [0.2, 0.25) is 5.91 Å². The molecule has 0 atom stereocenters. The van der Waals surface area contributed by atoms with E-state index in [1.165, 1.54) is 0 Å². The standard InChI is InChI=1S/C13H19N3O2/c1-9-5-4-6-10(14)12(9)13(18)16-8-3-2-7-11(15)17/h4-6H,2-3,7-8,14H2,1H3,(H2,15,17)(H,16,18). The minimum Gasteiger partial charge on any atom is -0.398 e. The Labute approximate surface area is 107 Å². The Balaban J connectivity index is 2.44. The topological polar surface area (TPSA) is 98.2 Å². The fourth-order valence-corrected chi connectivity index (χ4v) is 1.72. The predicted octanol–water partition coefficient (Wildman–Crippen LogP) is 0.963. The van der Waals surface area contributed by atoms with E-state index in [4.69, 9.17) is 11.5 Å². The molecule has 2 amide bonds. The van der Waals surface area contributed by atoms with E-state index in [2.05, 4.69) is 5.32 Å². The number of carbonyl (C=O) groups excluding carboxylic acids is 2. The van der Waals surface area contributed by atoms with E-state index in [-0.39, 0.29) is 11.8 Å². The molecule has 98 valence electrons. The summed E-state index contributed by atoms with van der Waals surface area (Å²) in [5, 5.41) is 2.78. The van der Waals surface area contributed by atoms with Gasteiger partial charge in [0.15, 0.2) is 0 Å². The molecule has 5 nitrogen and oxygen atoms in total. The molecule has 0 fully saturated rings. The van der Waals surface area contributed by atoms with E-state index in [9.17, 15) is 9.59 Å². The highest BCUT2D eigenvalue weighted by atomic mass is 16.2. The summed E-state index contributed by atoms with van der Waals surface area (Å²) in [7, 11) is 0. The monoisotopic (exact) mass is 249 g/mol. The lowest BCUT2D eigenvalue weighted by Crippen LogP contribution is -2.26. The van der Waals surface area contributed by atoms with Crippen LogP contribution < -0.4 is 16.8 Å². The molecule has 5 heteroatoms. The molecule has 0 aliphatic heterocycles. The average molecular weight is 249 g/mol. The van der Waals surface area contributed by atoms with Crippen LogP contribution in [0.5, 0.6) is 0 Å². The third-order valence-electron chi connectivity index (χ3n) is 2.67. The number of hydrogen-bond donors (Lipinski definition) is 3. The van der Waals surface area contributed by atoms with Crippen molar-refractivity contribution in [3.63, 3.8) is 0 Å². The van der Waals surface area contributed by atoms with Crippen LogP contribution in [0.2, 0.25) is 0 Å². The lowest BCUT2D eigenvalue weighted by Gasteiger charge is -2.09. The van der Waals surface area contributed by atoms with Crippen molar-refractivity contribution in [2.45, 2.75) is 26.2 Å². The Kier molecular flexibility index (Phi) is 5.17. The molecule has 0 unspecified atom stereocenters. The molecular weight excluding hydrogens is 230 g/mol. The van der Waals surface area contributed by atoms with Gasteiger partial charge < -0.3 is 16.8 Å². The Morgan fingerprint density at radius 2 is 2.00 bits per heavy atom. The normalized spacial score (nSPS) is 10.1. The van der Waals surface area contributed by atoms with Gasteiger partial charge >= 0.3 is 0 Å². The van der Waals surface area contributed by atoms with Gasteiger partial charge in [-0.3, -0.25) is 9.59 Å². The second-order valence-electron chi connectivity index (χ2n) is 4.22. The van der Waals surface area contributed by atoms with Crippen molar-refractivity contribution < 1.29 is 9.59 Å². The number of aryl methyl sites for hydroxylation is 1. The van der Waals surface area contributed by atoms with Crippen molar-refractivity contribution in [3.8, 4) is 0 Å². The van der Waals surface area contributed by atoms with Crippen LogP contribution in [0.25, 0.3) is 0 Å². The first-order chi connectivity index (χ1) is 8.52. The van der Waals surface area contributed by atoms with Crippen LogP contribution >= 0.6 is 0 Å². The Bertz CT molecular complexity index is 424. The van der Waals surface area contributed by atoms with Gasteiger partial charge in [0, 0.05) is 18.7 Å². The number of nitrogen functional groups attached to an aromatic ring is 1. The Hall–Kier alpha value is -2.04. The molecule has 0 aliphatic carbocycles. The largest absolute Gasteiger partial charge is 0.398 e. The quantitative estimate of drug-likeness (QED) is 0.517. The molecule has 5 N–H and O–H groups in total. The third kappa shape index (κ3) is 4.08. The fourth-order valence-electron chi connectivity index (χ4n) is 1.72. The minimum atomic E-state index is -0.315. The van der Waals surface area contributed by atoms with Crippen LogP contribution in [-0.2, 0) is 4.79 Å². The van der Waals surface area contributed by atoms with Crippen LogP contribution in [0.4, 0.5) is 5.69 Å². The minimum absolute atomic E-state index is 0.176. The van der Waals surface area contributed by atoms with Crippen LogP contribution in [-0.4, -0.2) is 18.4 Å². The van der Waals surface area contributed by atoms with Crippen LogP contribution in [0.15, 0.2) is 18.2 Å². The van der Waals surface area contributed by atoms with E-state index < -0.39 is 0 Å². The second kappa shape index (κ2) is 6.64. The van der Waals surface area contributed by atoms with Crippen molar-refractivity contribution >= 4 is 17.5 Å². The number of rotatable bonds is 6. The van der Waals surface area contributed by atoms with E-state index in [0.29, 0.717) is 30.6 Å². The highest BCUT2D eigenvalue weighted by Gasteiger charge is 2.11. The zero-order chi connectivity index (χ0) is 13.5. The highest BCUT2D eigenvalue weighted by Crippen LogP contribution is 2.15. The molecule has 0 bridgehead atoms. The van der Waals surface area contributed by atoms with Crippen molar-refractivity contribution in [1.82, 2.24) is 5.32 Å². The van der Waals surface area contributed by atoms with Crippen molar-refractivity contribution in [2.75, 3.05) is 12.3 Å². The lowest BCUT2D eigenvalue weighted by atomic mass is 10.1. The number of carbonyl (C=O) groups is 2. The summed E-state index contributed by atoms with van der Waals surface area (Å²) in [5.41, 5.74) is 12.6. The second-order valence-corrected chi connectivity index (χ2v) is 4.22. The summed E-state index contributed by atoms with van der Waals surface area (Å²) in [4.78, 5) is 22.4. The molecule has 0 spiro atoms. The first-order valence-electron chi connectivity index (χ1n) is 5.94. The van der Waals surface area contributed by atoms with Gasteiger partial charge in [0.25, 0.3) is 5.91 Å². The van der Waals surface area contributed by atoms with Gasteiger partial charge in [0.05, 0.1) is 5.56 Å². The number of nitrogens with two attached hydrogens (primary N) is 2. The molecule has 0 saturated carbocycles. The number of amides is 2. The molecule has 0 heterocycles. The first kappa shape index (κ1) is 14.0. The zero-order valence-corrected chi connectivity index (χ0v) is 10.5. The van der Waals surface area contributed by atoms with Crippen LogP contribution in [0, 0.1) is 6.92 Å². The number of unbranched alkanes of at least 4 members (excludes halogenated alkanes) is 1. The van der Waals surface area contributed by atoms with Gasteiger partial charge in [-0.05, 0) is 31.4 Å². The van der Waals surface area contributed by atoms with E-state index in [1.54, 1.807) is 6.07 Å². The Morgan fingerprint density at radius 3 is 2.61 bits per heavy atom. The van der Waals surface area contributed by atoms with Gasteiger partial charge in [-0.1, -0.05) is 12.1 Å². The molecule has 1 aromatic rings. The van der Waals surface area contributed by atoms with Crippen LogP contribution in [0.1, 0.15) is 35.2 Å². The van der Waals surface area contributed by atoms with Crippen molar-refractivity contribution in [2.24, 2.45) is 5.73 Å². The maximum Gasteiger partial charge on any atom is 0.253 e. The van der Waals surface area contributed by atoms with E-state index in [0.717, 1.165) is 12.0 Å². The summed E-state index contributed by atoms with van der Waals surface area (Å²) in [6, 6.07) is 5.36. The van der Waals surface area contributed by atoms with Gasteiger partial charge in [-0.15, -0.1) is 0 Å². The van der Waals surface area contributed by atoms with Crippen molar-refractivity contribution in [3.05, 3.63) is 29.3 Å². The molecule has 1 aromatic carbocycles. The van der Waals surface area contributed by atoms with Gasteiger partial charge in [0.1, 0.15) is 0 Å². The maximum atomic E-state index is 11.9. The number of benzene rings is 1. The summed E-state index contributed by atoms with van der Waals surface area (Å²) in [6.45, 7) is 2.36. The molecule has 0 radical (unpaired) electrons. The first-order valence-corrected chi connectivity index (χ1v) is 5.94. The fraction of sp³-hybridized carbons (Fsp3) is 0.385. The summed E-state index contributed by atoms with van der Waals surface area (Å²) in [6.07, 6.45) is 1.75. The zero-order valence-electron chi connectivity index (χ0n) is 10.5. The molecular formula is C13H19N3O2. The summed E-state index contributed by atoms with van der Waals surface area (Å²) >= 11 is 0. The van der Waals surface area contributed by atoms with Crippen LogP contribution in [0.3, 0.4) is 0 Å². The summed E-state index contributed by atoms with van der Waals surface area (Å²) < 4.78 is 0. The molecule has 0 saturated heterocycles. The van der Waals surface area contributed by atoms with Gasteiger partial charge in [-0.2, -0.15) is 0 Å². The average Bonchev–Trinajstić information content (AvgIpc) is 2.27. The molecule has 1 rings (SSSR count). The number of hydrogen-bond acceptors (Lipinski definition) is 3. The smallest absolute Gasteiger partial charge is 0.253 e. The molecule has 0 aliphatic rings. The number of anilines is 1. The van der Waals surface area contributed by atoms with E-state index in [1.807, 2.05) is 19.1 Å². The molecule has 0 aromatic heterocycles. The SMILES string of the molecule is Cc1cccc(N)c1C(=O)NCCCCC(N)=O. The maximum absolute atomic E-state index is 11.9. The van der Waals surface area contributed by atoms with Crippen molar-refractivity contribution in [1.29, 1.82) is 0 Å². The van der Waals surface area contributed by atoms with E-state index >= 15 is 0 Å². The predicted molar refractivity (Wildman–Crippen MR) is 71.0 cm³/mol. The molecule has 18 heavy (non-hydrogen) atoms. The number of primary amides is 1. The summed E-state index contributed by atoms with van der Waals surface area (Å²) in [5.74, 6) is -0.492.